The quantitative estimate of drug-likeness (QED) is 0.683. The summed E-state index contributed by atoms with van der Waals surface area (Å²) in [6.07, 6.45) is 0. The lowest BCUT2D eigenvalue weighted by Gasteiger charge is -2.32. The molecule has 0 amide bonds. The molecule has 2 unspecified atom stereocenters. The fourth-order valence-corrected chi connectivity index (χ4v) is 5.84. The van der Waals surface area contributed by atoms with Gasteiger partial charge in [0.2, 0.25) is 0 Å². The van der Waals surface area contributed by atoms with E-state index >= 15 is 0 Å². The Kier molecular flexibility index (Phi) is 3.99. The summed E-state index contributed by atoms with van der Waals surface area (Å²) in [6.45, 7) is 1.94. The van der Waals surface area contributed by atoms with Crippen LogP contribution in [0.3, 0.4) is 0 Å². The monoisotopic (exact) mass is 350 g/mol. The Hall–Kier alpha value is -2.35. The molecule has 0 fully saturated rings. The molecule has 4 rings (SSSR count). The molecule has 0 spiro atoms. The number of fused-ring (bicyclic) bond motifs is 3. The molecule has 1 N–H and O–H groups in total. The van der Waals surface area contributed by atoms with E-state index in [1.165, 1.54) is 0 Å². The average Bonchev–Trinajstić information content (AvgIpc) is 2.68. The van der Waals surface area contributed by atoms with Gasteiger partial charge in [0, 0.05) is 5.56 Å². The van der Waals surface area contributed by atoms with Gasteiger partial charge in [0.05, 0.1) is 17.6 Å². The zero-order chi connectivity index (χ0) is 17.4. The van der Waals surface area contributed by atoms with E-state index in [-0.39, 0.29) is 12.3 Å². The van der Waals surface area contributed by atoms with Crippen LogP contribution >= 0.6 is 7.37 Å². The van der Waals surface area contributed by atoms with Gasteiger partial charge in [-0.05, 0) is 35.7 Å². The third-order valence-electron chi connectivity index (χ3n) is 4.81. The molecule has 25 heavy (non-hydrogen) atoms. The van der Waals surface area contributed by atoms with Gasteiger partial charge in [-0.1, -0.05) is 60.7 Å². The number of aliphatic hydroxyl groups is 1. The van der Waals surface area contributed by atoms with Crippen molar-refractivity contribution in [3.63, 3.8) is 0 Å². The van der Waals surface area contributed by atoms with E-state index in [1.54, 1.807) is 0 Å². The largest absolute Gasteiger partial charge is 0.439 e. The van der Waals surface area contributed by atoms with Crippen LogP contribution in [0, 0.1) is 0 Å². The van der Waals surface area contributed by atoms with Gasteiger partial charge < -0.3 is 9.63 Å². The minimum absolute atomic E-state index is 0.000962. The standard InChI is InChI=1S/C21H19O3P/c1-15(17-12-10-16(14-22)11-13-17)25(23)21-9-5-3-7-19(21)18-6-2-4-8-20(18)24-25/h2-13,15,22H,14H2,1H3. The maximum atomic E-state index is 14.0. The second-order valence-corrected chi connectivity index (χ2v) is 8.91. The van der Waals surface area contributed by atoms with Gasteiger partial charge in [0.25, 0.3) is 7.37 Å². The predicted molar refractivity (Wildman–Crippen MR) is 101 cm³/mol. The molecule has 126 valence electrons. The van der Waals surface area contributed by atoms with Crippen LogP contribution in [0.4, 0.5) is 0 Å². The predicted octanol–water partition coefficient (Wildman–Crippen LogP) is 4.90. The molecule has 1 aliphatic rings. The molecule has 0 radical (unpaired) electrons. The third-order valence-corrected chi connectivity index (χ3v) is 7.65. The van der Waals surface area contributed by atoms with E-state index < -0.39 is 7.37 Å². The summed E-state index contributed by atoms with van der Waals surface area (Å²) in [7, 11) is -3.13. The van der Waals surface area contributed by atoms with E-state index in [0.717, 1.165) is 27.6 Å². The SMILES string of the molecule is CC(c1ccc(CO)cc1)P1(=O)Oc2ccccc2-c2ccccc21. The molecule has 1 heterocycles. The summed E-state index contributed by atoms with van der Waals surface area (Å²) in [5.74, 6) is 0.670. The molecule has 3 nitrogen and oxygen atoms in total. The number of para-hydroxylation sites is 1. The van der Waals surface area contributed by atoms with Gasteiger partial charge in [-0.15, -0.1) is 0 Å². The van der Waals surface area contributed by atoms with Gasteiger partial charge >= 0.3 is 0 Å². The highest BCUT2D eigenvalue weighted by Gasteiger charge is 2.41. The Bertz CT molecular complexity index is 963. The molecule has 3 aromatic rings. The minimum atomic E-state index is -3.13. The van der Waals surface area contributed by atoms with Crippen molar-refractivity contribution < 1.29 is 14.2 Å². The molecule has 0 aliphatic carbocycles. The fourth-order valence-electron chi connectivity index (χ4n) is 3.32. The lowest BCUT2D eigenvalue weighted by atomic mass is 10.0. The van der Waals surface area contributed by atoms with Gasteiger partial charge in [0.1, 0.15) is 5.75 Å². The summed E-state index contributed by atoms with van der Waals surface area (Å²) >= 11 is 0. The molecule has 0 saturated carbocycles. The van der Waals surface area contributed by atoms with Crippen LogP contribution in [0.5, 0.6) is 5.75 Å². The van der Waals surface area contributed by atoms with Crippen molar-refractivity contribution in [2.24, 2.45) is 0 Å². The van der Waals surface area contributed by atoms with Crippen molar-refractivity contribution in [2.75, 3.05) is 0 Å². The molecular weight excluding hydrogens is 331 g/mol. The molecule has 3 aromatic carbocycles. The first kappa shape index (κ1) is 16.1. The Morgan fingerprint density at radius 2 is 1.56 bits per heavy atom. The molecule has 1 aliphatic heterocycles. The summed E-state index contributed by atoms with van der Waals surface area (Å²) < 4.78 is 20.1. The number of hydrogen-bond acceptors (Lipinski definition) is 3. The molecule has 2 atom stereocenters. The van der Waals surface area contributed by atoms with Crippen LogP contribution in [0.1, 0.15) is 23.7 Å². The molecule has 0 aromatic heterocycles. The highest BCUT2D eigenvalue weighted by Crippen LogP contribution is 2.63. The van der Waals surface area contributed by atoms with Crippen molar-refractivity contribution in [3.8, 4) is 16.9 Å². The van der Waals surface area contributed by atoms with Gasteiger partial charge in [-0.2, -0.15) is 0 Å². The Morgan fingerprint density at radius 3 is 2.28 bits per heavy atom. The summed E-state index contributed by atoms with van der Waals surface area (Å²) in [5.41, 5.74) is 3.45. The van der Waals surface area contributed by atoms with E-state index in [0.29, 0.717) is 5.75 Å². The summed E-state index contributed by atoms with van der Waals surface area (Å²) in [4.78, 5) is 0. The van der Waals surface area contributed by atoms with Gasteiger partial charge in [0.15, 0.2) is 0 Å². The van der Waals surface area contributed by atoms with Crippen LogP contribution in [-0.2, 0) is 11.2 Å². The Balaban J connectivity index is 1.85. The minimum Gasteiger partial charge on any atom is -0.439 e. The van der Waals surface area contributed by atoms with Crippen LogP contribution < -0.4 is 9.83 Å². The van der Waals surface area contributed by atoms with Crippen molar-refractivity contribution in [2.45, 2.75) is 19.2 Å². The first-order chi connectivity index (χ1) is 12.1. The Morgan fingerprint density at radius 1 is 0.920 bits per heavy atom. The summed E-state index contributed by atoms with van der Waals surface area (Å²) in [5, 5.41) is 10.00. The first-order valence-corrected chi connectivity index (χ1v) is 10.0. The first-order valence-electron chi connectivity index (χ1n) is 8.31. The number of aliphatic hydroxyl groups excluding tert-OH is 1. The van der Waals surface area contributed by atoms with Crippen LogP contribution in [0.2, 0.25) is 0 Å². The molecule has 4 heteroatoms. The summed E-state index contributed by atoms with van der Waals surface area (Å²) in [6, 6.07) is 23.1. The number of benzene rings is 3. The van der Waals surface area contributed by atoms with E-state index in [1.807, 2.05) is 79.7 Å². The van der Waals surface area contributed by atoms with Gasteiger partial charge in [-0.3, -0.25) is 4.57 Å². The van der Waals surface area contributed by atoms with Crippen LogP contribution in [-0.4, -0.2) is 5.11 Å². The van der Waals surface area contributed by atoms with Crippen molar-refractivity contribution >= 4 is 12.7 Å². The van der Waals surface area contributed by atoms with Crippen LogP contribution in [0.15, 0.2) is 72.8 Å². The zero-order valence-electron chi connectivity index (χ0n) is 13.9. The number of rotatable bonds is 3. The topological polar surface area (TPSA) is 46.5 Å². The van der Waals surface area contributed by atoms with Gasteiger partial charge in [-0.25, -0.2) is 0 Å². The van der Waals surface area contributed by atoms with Crippen molar-refractivity contribution in [1.82, 2.24) is 0 Å². The Labute approximate surface area is 147 Å². The third kappa shape index (κ3) is 2.60. The molecular formula is C21H19O3P. The maximum absolute atomic E-state index is 14.0. The maximum Gasteiger partial charge on any atom is 0.284 e. The highest BCUT2D eigenvalue weighted by atomic mass is 31.2. The molecule has 0 bridgehead atoms. The smallest absolute Gasteiger partial charge is 0.284 e. The van der Waals surface area contributed by atoms with E-state index in [2.05, 4.69) is 0 Å². The fraction of sp³-hybridized carbons (Fsp3) is 0.143. The lowest BCUT2D eigenvalue weighted by molar-refractivity contribution is 0.282. The van der Waals surface area contributed by atoms with E-state index in [4.69, 9.17) is 4.52 Å². The van der Waals surface area contributed by atoms with Crippen molar-refractivity contribution in [3.05, 3.63) is 83.9 Å². The van der Waals surface area contributed by atoms with Crippen LogP contribution in [0.25, 0.3) is 11.1 Å². The average molecular weight is 350 g/mol. The lowest BCUT2D eigenvalue weighted by Crippen LogP contribution is -2.21. The van der Waals surface area contributed by atoms with E-state index in [9.17, 15) is 9.67 Å². The molecule has 0 saturated heterocycles. The number of hydrogen-bond donors (Lipinski definition) is 1. The normalized spacial score (nSPS) is 19.4. The second-order valence-electron chi connectivity index (χ2n) is 6.28. The second kappa shape index (κ2) is 6.18. The highest BCUT2D eigenvalue weighted by molar-refractivity contribution is 7.68. The van der Waals surface area contributed by atoms with Crippen molar-refractivity contribution in [1.29, 1.82) is 0 Å². The zero-order valence-corrected chi connectivity index (χ0v) is 14.8.